The Morgan fingerprint density at radius 2 is 2.37 bits per heavy atom. The van der Waals surface area contributed by atoms with Gasteiger partial charge in [-0.05, 0) is 31.5 Å². The lowest BCUT2D eigenvalue weighted by Gasteiger charge is -2.35. The van der Waals surface area contributed by atoms with E-state index in [1.54, 1.807) is 6.26 Å². The highest BCUT2D eigenvalue weighted by Gasteiger charge is 2.23. The van der Waals surface area contributed by atoms with E-state index in [1.165, 1.54) is 0 Å². The standard InChI is InChI=1S/C14H23NO4/c16-9-12-4-1-2-6-15(12)8-13(17)10-18-11-14-5-3-7-19-14/h3,5,7,12-13,16-17H,1-2,4,6,8-11H2. The van der Waals surface area contributed by atoms with Crippen LogP contribution in [0.3, 0.4) is 0 Å². The van der Waals surface area contributed by atoms with Gasteiger partial charge in [-0.1, -0.05) is 6.42 Å². The second-order valence-corrected chi connectivity index (χ2v) is 5.08. The molecule has 1 fully saturated rings. The molecule has 1 aliphatic heterocycles. The molecule has 1 aromatic rings. The first-order chi connectivity index (χ1) is 9.29. The van der Waals surface area contributed by atoms with Crippen LogP contribution in [0.15, 0.2) is 22.8 Å². The average Bonchev–Trinajstić information content (AvgIpc) is 2.92. The van der Waals surface area contributed by atoms with E-state index in [1.807, 2.05) is 12.1 Å². The maximum Gasteiger partial charge on any atom is 0.129 e. The lowest BCUT2D eigenvalue weighted by molar-refractivity contribution is -0.0137. The van der Waals surface area contributed by atoms with Gasteiger partial charge in [0.25, 0.3) is 0 Å². The Kier molecular flexibility index (Phi) is 5.85. The van der Waals surface area contributed by atoms with Gasteiger partial charge in [-0.3, -0.25) is 4.90 Å². The molecule has 2 unspecified atom stereocenters. The van der Waals surface area contributed by atoms with Crippen molar-refractivity contribution in [3.63, 3.8) is 0 Å². The lowest BCUT2D eigenvalue weighted by Crippen LogP contribution is -2.46. The van der Waals surface area contributed by atoms with E-state index >= 15 is 0 Å². The monoisotopic (exact) mass is 269 g/mol. The van der Waals surface area contributed by atoms with Crippen LogP contribution in [0, 0.1) is 0 Å². The summed E-state index contributed by atoms with van der Waals surface area (Å²) < 4.78 is 10.6. The second-order valence-electron chi connectivity index (χ2n) is 5.08. The number of likely N-dealkylation sites (tertiary alicyclic amines) is 1. The largest absolute Gasteiger partial charge is 0.467 e. The van der Waals surface area contributed by atoms with Gasteiger partial charge in [0, 0.05) is 12.6 Å². The van der Waals surface area contributed by atoms with Gasteiger partial charge in [0.2, 0.25) is 0 Å². The number of nitrogens with zero attached hydrogens (tertiary/aromatic N) is 1. The molecular formula is C14H23NO4. The average molecular weight is 269 g/mol. The molecular weight excluding hydrogens is 246 g/mol. The Balaban J connectivity index is 1.66. The number of piperidine rings is 1. The summed E-state index contributed by atoms with van der Waals surface area (Å²) in [4.78, 5) is 2.16. The van der Waals surface area contributed by atoms with E-state index in [0.29, 0.717) is 13.2 Å². The molecule has 0 spiro atoms. The summed E-state index contributed by atoms with van der Waals surface area (Å²) in [6, 6.07) is 3.85. The zero-order valence-corrected chi connectivity index (χ0v) is 11.2. The molecule has 1 saturated heterocycles. The van der Waals surface area contributed by atoms with Gasteiger partial charge in [0.15, 0.2) is 0 Å². The van der Waals surface area contributed by atoms with Crippen molar-refractivity contribution in [2.45, 2.75) is 38.0 Å². The summed E-state index contributed by atoms with van der Waals surface area (Å²) in [6.45, 7) is 2.34. The van der Waals surface area contributed by atoms with Gasteiger partial charge in [-0.25, -0.2) is 0 Å². The molecule has 2 rings (SSSR count). The van der Waals surface area contributed by atoms with Crippen molar-refractivity contribution < 1.29 is 19.4 Å². The van der Waals surface area contributed by atoms with E-state index in [-0.39, 0.29) is 19.3 Å². The fourth-order valence-electron chi connectivity index (χ4n) is 2.52. The second kappa shape index (κ2) is 7.65. The summed E-state index contributed by atoms with van der Waals surface area (Å²) in [7, 11) is 0. The topological polar surface area (TPSA) is 66.1 Å². The molecule has 2 heterocycles. The Labute approximate surface area is 113 Å². The highest BCUT2D eigenvalue weighted by atomic mass is 16.5. The van der Waals surface area contributed by atoms with Gasteiger partial charge < -0.3 is 19.4 Å². The Hall–Kier alpha value is -0.880. The molecule has 108 valence electrons. The highest BCUT2D eigenvalue weighted by Crippen LogP contribution is 2.16. The van der Waals surface area contributed by atoms with Crippen molar-refractivity contribution in [2.24, 2.45) is 0 Å². The molecule has 1 aliphatic rings. The van der Waals surface area contributed by atoms with Gasteiger partial charge >= 0.3 is 0 Å². The number of aliphatic hydroxyl groups is 2. The zero-order chi connectivity index (χ0) is 13.5. The van der Waals surface area contributed by atoms with E-state index in [9.17, 15) is 10.2 Å². The number of hydrogen-bond acceptors (Lipinski definition) is 5. The molecule has 0 amide bonds. The van der Waals surface area contributed by atoms with Crippen molar-refractivity contribution in [3.8, 4) is 0 Å². The summed E-state index contributed by atoms with van der Waals surface area (Å²) in [5.74, 6) is 0.762. The molecule has 19 heavy (non-hydrogen) atoms. The lowest BCUT2D eigenvalue weighted by atomic mass is 10.0. The molecule has 2 N–H and O–H groups in total. The van der Waals surface area contributed by atoms with E-state index in [4.69, 9.17) is 9.15 Å². The summed E-state index contributed by atoms with van der Waals surface area (Å²) in [5, 5.41) is 19.3. The predicted octanol–water partition coefficient (Wildman–Crippen LogP) is 1.00. The smallest absolute Gasteiger partial charge is 0.129 e. The van der Waals surface area contributed by atoms with E-state index in [0.717, 1.165) is 31.6 Å². The third-order valence-electron chi connectivity index (χ3n) is 3.54. The first-order valence-corrected chi connectivity index (χ1v) is 6.92. The number of hydrogen-bond donors (Lipinski definition) is 2. The van der Waals surface area contributed by atoms with Crippen molar-refractivity contribution in [2.75, 3.05) is 26.3 Å². The molecule has 0 aromatic carbocycles. The number of ether oxygens (including phenoxy) is 1. The van der Waals surface area contributed by atoms with E-state index < -0.39 is 6.10 Å². The molecule has 5 heteroatoms. The third-order valence-corrected chi connectivity index (χ3v) is 3.54. The fourth-order valence-corrected chi connectivity index (χ4v) is 2.52. The van der Waals surface area contributed by atoms with Crippen molar-refractivity contribution in [3.05, 3.63) is 24.2 Å². The van der Waals surface area contributed by atoms with Crippen LogP contribution in [0.2, 0.25) is 0 Å². The molecule has 0 aliphatic carbocycles. The van der Waals surface area contributed by atoms with Crippen molar-refractivity contribution in [1.82, 2.24) is 4.90 Å². The van der Waals surface area contributed by atoms with Crippen LogP contribution in [0.1, 0.15) is 25.0 Å². The quantitative estimate of drug-likeness (QED) is 0.773. The summed E-state index contributed by atoms with van der Waals surface area (Å²) >= 11 is 0. The molecule has 0 bridgehead atoms. The minimum atomic E-state index is -0.526. The Bertz CT molecular complexity index is 341. The summed E-state index contributed by atoms with van der Waals surface area (Å²) in [6.07, 6.45) is 4.39. The maximum atomic E-state index is 9.96. The fraction of sp³-hybridized carbons (Fsp3) is 0.714. The van der Waals surface area contributed by atoms with Crippen molar-refractivity contribution >= 4 is 0 Å². The first-order valence-electron chi connectivity index (χ1n) is 6.92. The molecule has 2 atom stereocenters. The number of aliphatic hydroxyl groups excluding tert-OH is 2. The van der Waals surface area contributed by atoms with E-state index in [2.05, 4.69) is 4.90 Å². The third kappa shape index (κ3) is 4.62. The number of rotatable bonds is 7. The zero-order valence-electron chi connectivity index (χ0n) is 11.2. The van der Waals surface area contributed by atoms with Crippen LogP contribution in [0.25, 0.3) is 0 Å². The first kappa shape index (κ1) is 14.5. The van der Waals surface area contributed by atoms with Gasteiger partial charge in [0.1, 0.15) is 12.4 Å². The van der Waals surface area contributed by atoms with Crippen LogP contribution < -0.4 is 0 Å². The highest BCUT2D eigenvalue weighted by molar-refractivity contribution is 4.96. The Morgan fingerprint density at radius 3 is 3.11 bits per heavy atom. The molecule has 0 saturated carbocycles. The minimum absolute atomic E-state index is 0.167. The van der Waals surface area contributed by atoms with Crippen LogP contribution in [-0.4, -0.2) is 53.6 Å². The van der Waals surface area contributed by atoms with Crippen LogP contribution in [-0.2, 0) is 11.3 Å². The molecule has 1 aromatic heterocycles. The van der Waals surface area contributed by atoms with Gasteiger partial charge in [-0.15, -0.1) is 0 Å². The minimum Gasteiger partial charge on any atom is -0.467 e. The Morgan fingerprint density at radius 1 is 1.47 bits per heavy atom. The molecule has 5 nitrogen and oxygen atoms in total. The van der Waals surface area contributed by atoms with Gasteiger partial charge in [-0.2, -0.15) is 0 Å². The maximum absolute atomic E-state index is 9.96. The van der Waals surface area contributed by atoms with Gasteiger partial charge in [0.05, 0.1) is 25.6 Å². The normalized spacial score (nSPS) is 22.5. The molecule has 0 radical (unpaired) electrons. The van der Waals surface area contributed by atoms with Crippen molar-refractivity contribution in [1.29, 1.82) is 0 Å². The van der Waals surface area contributed by atoms with Crippen LogP contribution in [0.4, 0.5) is 0 Å². The number of β-amino-alcohol motifs (C(OH)–C–C–N with tert-alkyl or cyclic N) is 1. The SMILES string of the molecule is OCC1CCCCN1CC(O)COCc1ccco1. The van der Waals surface area contributed by atoms with Crippen LogP contribution in [0.5, 0.6) is 0 Å². The predicted molar refractivity (Wildman–Crippen MR) is 70.7 cm³/mol. The summed E-state index contributed by atoms with van der Waals surface area (Å²) in [5.41, 5.74) is 0. The number of furan rings is 1. The van der Waals surface area contributed by atoms with Crippen LogP contribution >= 0.6 is 0 Å².